The molecule has 0 spiro atoms. The summed E-state index contributed by atoms with van der Waals surface area (Å²) in [5, 5.41) is 3.43. The Kier molecular flexibility index (Phi) is 4.91. The Morgan fingerprint density at radius 3 is 3.29 bits per heavy atom. The van der Waals surface area contributed by atoms with Crippen LogP contribution >= 0.6 is 0 Å². The quantitative estimate of drug-likeness (QED) is 0.842. The zero-order valence-corrected chi connectivity index (χ0v) is 13.1. The summed E-state index contributed by atoms with van der Waals surface area (Å²) in [6.07, 6.45) is 10.6. The van der Waals surface area contributed by atoms with E-state index in [0.29, 0.717) is 0 Å². The average molecular weight is 285 g/mol. The van der Waals surface area contributed by atoms with Gasteiger partial charge in [-0.1, -0.05) is 18.2 Å². The van der Waals surface area contributed by atoms with Crippen molar-refractivity contribution in [3.8, 4) is 0 Å². The van der Waals surface area contributed by atoms with Gasteiger partial charge in [-0.25, -0.2) is 4.98 Å². The molecule has 2 aliphatic heterocycles. The second-order valence-corrected chi connectivity index (χ2v) is 6.36. The molecule has 1 aromatic heterocycles. The molecule has 0 radical (unpaired) electrons. The Balaban J connectivity index is 1.49. The van der Waals surface area contributed by atoms with Gasteiger partial charge in [0, 0.05) is 25.3 Å². The molecule has 1 N–H and O–H groups in total. The van der Waals surface area contributed by atoms with Crippen molar-refractivity contribution in [1.82, 2.24) is 9.88 Å². The van der Waals surface area contributed by atoms with Crippen LogP contribution in [-0.4, -0.2) is 36.1 Å². The van der Waals surface area contributed by atoms with Crippen molar-refractivity contribution < 1.29 is 0 Å². The molecule has 1 aromatic rings. The summed E-state index contributed by atoms with van der Waals surface area (Å²) in [7, 11) is 0. The molecule has 3 rings (SSSR count). The highest BCUT2D eigenvalue weighted by atomic mass is 15.1. The summed E-state index contributed by atoms with van der Waals surface area (Å²) in [4.78, 5) is 7.37. The molecule has 21 heavy (non-hydrogen) atoms. The molecule has 1 saturated heterocycles. The van der Waals surface area contributed by atoms with Crippen molar-refractivity contribution in [1.29, 1.82) is 0 Å². The zero-order valence-electron chi connectivity index (χ0n) is 13.1. The van der Waals surface area contributed by atoms with Gasteiger partial charge in [-0.2, -0.15) is 0 Å². The molecule has 0 amide bonds. The van der Waals surface area contributed by atoms with Crippen LogP contribution in [0.4, 0.5) is 5.82 Å². The monoisotopic (exact) mass is 285 g/mol. The number of aromatic nitrogens is 1. The Morgan fingerprint density at radius 2 is 2.38 bits per heavy atom. The molecule has 0 bridgehead atoms. The fourth-order valence-electron chi connectivity index (χ4n) is 3.43. The number of rotatable bonds is 5. The topological polar surface area (TPSA) is 28.2 Å². The van der Waals surface area contributed by atoms with Crippen LogP contribution in [0.15, 0.2) is 24.3 Å². The lowest BCUT2D eigenvalue weighted by molar-refractivity contribution is 0.353. The van der Waals surface area contributed by atoms with Gasteiger partial charge >= 0.3 is 0 Å². The fraction of sp³-hybridized carbons (Fsp3) is 0.611. The molecule has 0 aliphatic carbocycles. The number of aryl methyl sites for hydroxylation is 2. The van der Waals surface area contributed by atoms with E-state index >= 15 is 0 Å². The molecule has 2 aliphatic rings. The van der Waals surface area contributed by atoms with Crippen LogP contribution in [0.1, 0.15) is 37.4 Å². The van der Waals surface area contributed by atoms with Crippen molar-refractivity contribution in [2.45, 2.75) is 39.0 Å². The summed E-state index contributed by atoms with van der Waals surface area (Å²) in [5.41, 5.74) is 2.65. The van der Waals surface area contributed by atoms with Gasteiger partial charge in [-0.05, 0) is 63.1 Å². The smallest absolute Gasteiger partial charge is 0.129 e. The van der Waals surface area contributed by atoms with E-state index in [1.54, 1.807) is 0 Å². The Morgan fingerprint density at radius 1 is 1.43 bits per heavy atom. The number of nitrogens with zero attached hydrogens (tertiary/aromatic N) is 2. The summed E-state index contributed by atoms with van der Waals surface area (Å²) < 4.78 is 0. The molecule has 3 heterocycles. The molecule has 0 saturated carbocycles. The summed E-state index contributed by atoms with van der Waals surface area (Å²) in [6, 6.07) is 4.51. The molecule has 3 nitrogen and oxygen atoms in total. The van der Waals surface area contributed by atoms with Crippen LogP contribution in [0.3, 0.4) is 0 Å². The molecule has 114 valence electrons. The van der Waals surface area contributed by atoms with Gasteiger partial charge in [-0.15, -0.1) is 0 Å². The first-order valence-electron chi connectivity index (χ1n) is 8.41. The average Bonchev–Trinajstić information content (AvgIpc) is 2.98. The van der Waals surface area contributed by atoms with Crippen LogP contribution < -0.4 is 5.32 Å². The predicted molar refractivity (Wildman–Crippen MR) is 88.7 cm³/mol. The fourth-order valence-corrected chi connectivity index (χ4v) is 3.43. The minimum atomic E-state index is 0.848. The second kappa shape index (κ2) is 7.08. The third-order valence-electron chi connectivity index (χ3n) is 4.73. The Hall–Kier alpha value is -1.35. The molecule has 3 heteroatoms. The maximum absolute atomic E-state index is 4.81. The lowest BCUT2D eigenvalue weighted by atomic mass is 10.00. The van der Waals surface area contributed by atoms with Gasteiger partial charge in [0.25, 0.3) is 0 Å². The van der Waals surface area contributed by atoms with Crippen molar-refractivity contribution in [2.24, 2.45) is 5.92 Å². The summed E-state index contributed by atoms with van der Waals surface area (Å²) in [6.45, 7) is 6.81. The number of hydrogen-bond donors (Lipinski definition) is 1. The van der Waals surface area contributed by atoms with Gasteiger partial charge in [0.2, 0.25) is 0 Å². The SMILES string of the molecule is C/C=C/CN1CCC(CCc2ccc3c(n2)NCCC3)C1. The largest absolute Gasteiger partial charge is 0.370 e. The number of fused-ring (bicyclic) bond motifs is 1. The van der Waals surface area contributed by atoms with E-state index in [4.69, 9.17) is 4.98 Å². The van der Waals surface area contributed by atoms with E-state index in [9.17, 15) is 0 Å². The normalized spacial score (nSPS) is 22.4. The molecule has 1 unspecified atom stereocenters. The van der Waals surface area contributed by atoms with E-state index in [2.05, 4.69) is 41.4 Å². The van der Waals surface area contributed by atoms with Gasteiger partial charge in [0.05, 0.1) is 0 Å². The molecule has 1 atom stereocenters. The minimum Gasteiger partial charge on any atom is -0.370 e. The zero-order chi connectivity index (χ0) is 14.5. The van der Waals surface area contributed by atoms with E-state index in [-0.39, 0.29) is 0 Å². The second-order valence-electron chi connectivity index (χ2n) is 6.36. The third-order valence-corrected chi connectivity index (χ3v) is 4.73. The highest BCUT2D eigenvalue weighted by molar-refractivity contribution is 5.46. The predicted octanol–water partition coefficient (Wildman–Crippen LogP) is 3.27. The summed E-state index contributed by atoms with van der Waals surface area (Å²) >= 11 is 0. The Bertz CT molecular complexity index is 495. The minimum absolute atomic E-state index is 0.848. The number of allylic oxidation sites excluding steroid dienone is 1. The summed E-state index contributed by atoms with van der Waals surface area (Å²) in [5.74, 6) is 1.99. The maximum atomic E-state index is 4.81. The first kappa shape index (κ1) is 14.6. The van der Waals surface area contributed by atoms with Crippen LogP contribution in [0.5, 0.6) is 0 Å². The van der Waals surface area contributed by atoms with E-state index < -0.39 is 0 Å². The van der Waals surface area contributed by atoms with Gasteiger partial charge < -0.3 is 5.32 Å². The van der Waals surface area contributed by atoms with Gasteiger partial charge in [-0.3, -0.25) is 4.90 Å². The highest BCUT2D eigenvalue weighted by Crippen LogP contribution is 2.23. The van der Waals surface area contributed by atoms with E-state index in [1.807, 2.05) is 0 Å². The number of hydrogen-bond acceptors (Lipinski definition) is 3. The van der Waals surface area contributed by atoms with Crippen molar-refractivity contribution in [3.05, 3.63) is 35.5 Å². The Labute approximate surface area is 128 Å². The van der Waals surface area contributed by atoms with Crippen molar-refractivity contribution >= 4 is 5.82 Å². The lowest BCUT2D eigenvalue weighted by Gasteiger charge is -2.18. The first-order valence-corrected chi connectivity index (χ1v) is 8.41. The molecular formula is C18H27N3. The van der Waals surface area contributed by atoms with Crippen molar-refractivity contribution in [3.63, 3.8) is 0 Å². The van der Waals surface area contributed by atoms with E-state index in [0.717, 1.165) is 31.2 Å². The standard InChI is InChI=1S/C18H27N3/c1-2-3-12-21-13-10-15(14-21)6-8-17-9-7-16-5-4-11-19-18(16)20-17/h2-3,7,9,15H,4-6,8,10-14H2,1H3,(H,19,20)/b3-2+. The number of likely N-dealkylation sites (tertiary alicyclic amines) is 1. The van der Waals surface area contributed by atoms with Crippen LogP contribution in [-0.2, 0) is 12.8 Å². The number of nitrogens with one attached hydrogen (secondary N) is 1. The van der Waals surface area contributed by atoms with E-state index in [1.165, 1.54) is 50.0 Å². The number of pyridine rings is 1. The maximum Gasteiger partial charge on any atom is 0.129 e. The number of anilines is 1. The van der Waals surface area contributed by atoms with Gasteiger partial charge in [0.15, 0.2) is 0 Å². The molecule has 1 fully saturated rings. The van der Waals surface area contributed by atoms with Crippen LogP contribution in [0, 0.1) is 5.92 Å². The molecular weight excluding hydrogens is 258 g/mol. The first-order chi connectivity index (χ1) is 10.3. The van der Waals surface area contributed by atoms with Crippen LogP contribution in [0.25, 0.3) is 0 Å². The highest BCUT2D eigenvalue weighted by Gasteiger charge is 2.21. The third kappa shape index (κ3) is 3.85. The van der Waals surface area contributed by atoms with Crippen LogP contribution in [0.2, 0.25) is 0 Å². The van der Waals surface area contributed by atoms with Gasteiger partial charge in [0.1, 0.15) is 5.82 Å². The lowest BCUT2D eigenvalue weighted by Crippen LogP contribution is -2.20. The molecule has 0 aromatic carbocycles. The van der Waals surface area contributed by atoms with Crippen molar-refractivity contribution in [2.75, 3.05) is 31.5 Å².